The van der Waals surface area contributed by atoms with Crippen LogP contribution in [0.3, 0.4) is 0 Å². The van der Waals surface area contributed by atoms with Crippen LogP contribution in [0.5, 0.6) is 0 Å². The van der Waals surface area contributed by atoms with Gasteiger partial charge in [-0.05, 0) is 75.4 Å². The normalized spacial score (nSPS) is 13.1. The van der Waals surface area contributed by atoms with Gasteiger partial charge in [0.1, 0.15) is 6.04 Å². The molecule has 2 rings (SSSR count). The van der Waals surface area contributed by atoms with E-state index in [4.69, 9.17) is 11.6 Å². The zero-order valence-corrected chi connectivity index (χ0v) is 23.6. The van der Waals surface area contributed by atoms with E-state index in [9.17, 15) is 18.0 Å². The molecule has 7 nitrogen and oxygen atoms in total. The molecule has 198 valence electrons. The number of benzene rings is 2. The molecule has 1 N–H and O–H groups in total. The van der Waals surface area contributed by atoms with Crippen LogP contribution in [0.15, 0.2) is 42.5 Å². The summed E-state index contributed by atoms with van der Waals surface area (Å²) in [4.78, 5) is 27.8. The van der Waals surface area contributed by atoms with Gasteiger partial charge in [0.2, 0.25) is 21.8 Å². The number of nitrogens with one attached hydrogen (secondary N) is 1. The molecule has 0 spiro atoms. The monoisotopic (exact) mass is 535 g/mol. The van der Waals surface area contributed by atoms with E-state index < -0.39 is 16.1 Å². The maximum absolute atomic E-state index is 13.4. The predicted octanol–water partition coefficient (Wildman–Crippen LogP) is 4.84. The molecule has 0 saturated heterocycles. The molecule has 0 saturated carbocycles. The highest BCUT2D eigenvalue weighted by atomic mass is 35.5. The number of aryl methyl sites for hydroxylation is 1. The highest BCUT2D eigenvalue weighted by Gasteiger charge is 2.27. The number of carbonyl (C=O) groups excluding carboxylic acids is 2. The van der Waals surface area contributed by atoms with Crippen molar-refractivity contribution in [2.75, 3.05) is 17.1 Å². The smallest absolute Gasteiger partial charge is 0.242 e. The van der Waals surface area contributed by atoms with Gasteiger partial charge in [-0.25, -0.2) is 8.42 Å². The second kappa shape index (κ2) is 13.1. The van der Waals surface area contributed by atoms with E-state index in [1.54, 1.807) is 31.2 Å². The Hall–Kier alpha value is -2.58. The molecule has 0 aliphatic rings. The van der Waals surface area contributed by atoms with Crippen LogP contribution < -0.4 is 9.62 Å². The number of rotatable bonds is 12. The van der Waals surface area contributed by atoms with Gasteiger partial charge in [-0.3, -0.25) is 13.9 Å². The minimum atomic E-state index is -3.55. The molecule has 2 atom stereocenters. The van der Waals surface area contributed by atoms with Crippen molar-refractivity contribution in [3.8, 4) is 0 Å². The third-order valence-corrected chi connectivity index (χ3v) is 7.82. The fourth-order valence-corrected chi connectivity index (χ4v) is 5.10. The van der Waals surface area contributed by atoms with Crippen molar-refractivity contribution in [3.05, 3.63) is 64.2 Å². The fraction of sp³-hybridized carbons (Fsp3) is 0.481. The number of amides is 2. The van der Waals surface area contributed by atoms with Crippen molar-refractivity contribution in [1.29, 1.82) is 0 Å². The molecule has 2 aromatic rings. The molecule has 2 aromatic carbocycles. The van der Waals surface area contributed by atoms with Crippen molar-refractivity contribution >= 4 is 39.1 Å². The van der Waals surface area contributed by atoms with Gasteiger partial charge in [-0.15, -0.1) is 0 Å². The Labute approximate surface area is 220 Å². The summed E-state index contributed by atoms with van der Waals surface area (Å²) in [5.74, 6) is -0.455. The topological polar surface area (TPSA) is 86.8 Å². The van der Waals surface area contributed by atoms with Gasteiger partial charge in [0.25, 0.3) is 0 Å². The summed E-state index contributed by atoms with van der Waals surface area (Å²) in [6.07, 6.45) is 2.35. The van der Waals surface area contributed by atoms with Crippen LogP contribution in [0.25, 0.3) is 0 Å². The first kappa shape index (κ1) is 29.6. The summed E-state index contributed by atoms with van der Waals surface area (Å²) in [6, 6.07) is 12.0. The molecule has 0 heterocycles. The number of carbonyl (C=O) groups is 2. The lowest BCUT2D eigenvalue weighted by Crippen LogP contribution is -2.49. The van der Waals surface area contributed by atoms with Crippen LogP contribution in [0.1, 0.15) is 56.7 Å². The van der Waals surface area contributed by atoms with E-state index in [-0.39, 0.29) is 37.4 Å². The first-order valence-corrected chi connectivity index (χ1v) is 14.5. The molecule has 36 heavy (non-hydrogen) atoms. The lowest BCUT2D eigenvalue weighted by Gasteiger charge is -2.30. The lowest BCUT2D eigenvalue weighted by atomic mass is 10.1. The maximum Gasteiger partial charge on any atom is 0.242 e. The van der Waals surface area contributed by atoms with Crippen molar-refractivity contribution in [2.45, 2.75) is 72.5 Å². The Kier molecular flexibility index (Phi) is 10.8. The van der Waals surface area contributed by atoms with Gasteiger partial charge >= 0.3 is 0 Å². The molecule has 0 radical (unpaired) electrons. The maximum atomic E-state index is 13.4. The zero-order valence-electron chi connectivity index (χ0n) is 22.0. The van der Waals surface area contributed by atoms with Crippen LogP contribution in [-0.2, 0) is 26.2 Å². The van der Waals surface area contributed by atoms with Gasteiger partial charge < -0.3 is 10.2 Å². The largest absolute Gasteiger partial charge is 0.352 e. The van der Waals surface area contributed by atoms with Gasteiger partial charge in [0, 0.05) is 30.6 Å². The third kappa shape index (κ3) is 8.23. The molecular formula is C27H38ClN3O4S. The van der Waals surface area contributed by atoms with Crippen LogP contribution >= 0.6 is 11.6 Å². The average molecular weight is 536 g/mol. The minimum absolute atomic E-state index is 0.0102. The first-order chi connectivity index (χ1) is 16.8. The molecule has 0 aromatic heterocycles. The predicted molar refractivity (Wildman–Crippen MR) is 147 cm³/mol. The van der Waals surface area contributed by atoms with E-state index in [1.807, 2.05) is 45.9 Å². The summed E-state index contributed by atoms with van der Waals surface area (Å²) in [5, 5.41) is 3.49. The van der Waals surface area contributed by atoms with Crippen LogP contribution in [0, 0.1) is 13.8 Å². The van der Waals surface area contributed by atoms with E-state index in [0.717, 1.165) is 23.1 Å². The Morgan fingerprint density at radius 2 is 1.75 bits per heavy atom. The minimum Gasteiger partial charge on any atom is -0.352 e. The number of hydrogen-bond acceptors (Lipinski definition) is 4. The van der Waals surface area contributed by atoms with Gasteiger partial charge in [-0.2, -0.15) is 0 Å². The molecular weight excluding hydrogens is 498 g/mol. The SMILES string of the molecule is CC[C@@H](C)NC(=O)[C@@H](C)N(Cc1cccc(Cl)c1)C(=O)CCCN(c1cccc(C)c1C)S(C)(=O)=O. The summed E-state index contributed by atoms with van der Waals surface area (Å²) < 4.78 is 26.5. The number of sulfonamides is 1. The van der Waals surface area contributed by atoms with Crippen LogP contribution in [0.2, 0.25) is 5.02 Å². The van der Waals surface area contributed by atoms with E-state index >= 15 is 0 Å². The Bertz CT molecular complexity index is 1170. The fourth-order valence-electron chi connectivity index (χ4n) is 3.87. The van der Waals surface area contributed by atoms with E-state index in [2.05, 4.69) is 5.32 Å². The molecule has 0 unspecified atom stereocenters. The average Bonchev–Trinajstić information content (AvgIpc) is 2.81. The van der Waals surface area contributed by atoms with Crippen LogP contribution in [0.4, 0.5) is 5.69 Å². The van der Waals surface area contributed by atoms with Gasteiger partial charge in [-0.1, -0.05) is 42.8 Å². The van der Waals surface area contributed by atoms with Crippen molar-refractivity contribution in [2.24, 2.45) is 0 Å². The highest BCUT2D eigenvalue weighted by molar-refractivity contribution is 7.92. The summed E-state index contributed by atoms with van der Waals surface area (Å²) >= 11 is 6.14. The number of anilines is 1. The van der Waals surface area contributed by atoms with Crippen molar-refractivity contribution in [3.63, 3.8) is 0 Å². The summed E-state index contributed by atoms with van der Waals surface area (Å²) in [7, 11) is -3.55. The Balaban J connectivity index is 2.21. The molecule has 0 aliphatic carbocycles. The second-order valence-corrected chi connectivity index (χ2v) is 11.6. The number of nitrogens with zero attached hydrogens (tertiary/aromatic N) is 2. The second-order valence-electron chi connectivity index (χ2n) is 9.30. The number of halogens is 1. The van der Waals surface area contributed by atoms with E-state index in [0.29, 0.717) is 17.1 Å². The van der Waals surface area contributed by atoms with Gasteiger partial charge in [0.15, 0.2) is 0 Å². The molecule has 0 aliphatic heterocycles. The Morgan fingerprint density at radius 3 is 2.36 bits per heavy atom. The third-order valence-electron chi connectivity index (χ3n) is 6.41. The Morgan fingerprint density at radius 1 is 1.08 bits per heavy atom. The number of hydrogen-bond donors (Lipinski definition) is 1. The molecule has 0 fully saturated rings. The summed E-state index contributed by atoms with van der Waals surface area (Å²) in [5.41, 5.74) is 3.30. The standard InChI is InChI=1S/C27H38ClN3O4S/c1-7-20(3)29-27(33)22(5)30(18-23-12-9-13-24(28)17-23)26(32)15-10-16-31(36(6,34)35)25-14-8-11-19(2)21(25)4/h8-9,11-14,17,20,22H,7,10,15-16,18H2,1-6H3,(H,29,33)/t20-,22-/m1/s1. The highest BCUT2D eigenvalue weighted by Crippen LogP contribution is 2.25. The quantitative estimate of drug-likeness (QED) is 0.421. The van der Waals surface area contributed by atoms with E-state index in [1.165, 1.54) is 15.5 Å². The molecule has 9 heteroatoms. The summed E-state index contributed by atoms with van der Waals surface area (Å²) in [6.45, 7) is 9.81. The molecule has 2 amide bonds. The molecule has 0 bridgehead atoms. The van der Waals surface area contributed by atoms with Gasteiger partial charge in [0.05, 0.1) is 11.9 Å². The zero-order chi connectivity index (χ0) is 27.0. The first-order valence-electron chi connectivity index (χ1n) is 12.2. The van der Waals surface area contributed by atoms with Crippen molar-refractivity contribution in [1.82, 2.24) is 10.2 Å². The van der Waals surface area contributed by atoms with Crippen LogP contribution in [-0.4, -0.2) is 50.0 Å². The lowest BCUT2D eigenvalue weighted by molar-refractivity contribution is -0.140. The van der Waals surface area contributed by atoms with Crippen molar-refractivity contribution < 1.29 is 18.0 Å².